The number of amides is 1. The molecule has 0 aliphatic carbocycles. The molecule has 0 spiro atoms. The Kier molecular flexibility index (Phi) is 5.94. The SMILES string of the molecule is COc1cccc(-c2nc(-c3ccc(NC(=O)C(C)(C)C)cc3)c(C)s2)c1OC. The lowest BCUT2D eigenvalue weighted by Gasteiger charge is -2.17. The van der Waals surface area contributed by atoms with Gasteiger partial charge >= 0.3 is 0 Å². The summed E-state index contributed by atoms with van der Waals surface area (Å²) in [5, 5.41) is 3.82. The van der Waals surface area contributed by atoms with E-state index in [0.717, 1.165) is 32.4 Å². The minimum absolute atomic E-state index is 0.0116. The summed E-state index contributed by atoms with van der Waals surface area (Å²) >= 11 is 1.61. The molecular weight excluding hydrogens is 384 g/mol. The fraction of sp³-hybridized carbons (Fsp3) is 0.304. The molecule has 29 heavy (non-hydrogen) atoms. The van der Waals surface area contributed by atoms with E-state index in [4.69, 9.17) is 14.5 Å². The minimum atomic E-state index is -0.436. The Hall–Kier alpha value is -2.86. The summed E-state index contributed by atoms with van der Waals surface area (Å²) in [6.07, 6.45) is 0. The molecule has 0 saturated heterocycles. The van der Waals surface area contributed by atoms with Gasteiger partial charge in [0.15, 0.2) is 11.5 Å². The summed E-state index contributed by atoms with van der Waals surface area (Å²) in [5.41, 5.74) is 3.16. The highest BCUT2D eigenvalue weighted by Gasteiger charge is 2.21. The van der Waals surface area contributed by atoms with Gasteiger partial charge in [0.2, 0.25) is 5.91 Å². The second-order valence-corrected chi connectivity index (χ2v) is 8.95. The van der Waals surface area contributed by atoms with Crippen molar-refractivity contribution in [3.8, 4) is 33.3 Å². The molecule has 1 amide bonds. The third-order valence-electron chi connectivity index (χ3n) is 4.53. The van der Waals surface area contributed by atoms with Gasteiger partial charge in [0.25, 0.3) is 0 Å². The van der Waals surface area contributed by atoms with Gasteiger partial charge in [0.05, 0.1) is 25.5 Å². The van der Waals surface area contributed by atoms with Crippen LogP contribution in [-0.2, 0) is 4.79 Å². The molecular formula is C23H26N2O3S. The third-order valence-corrected chi connectivity index (χ3v) is 5.53. The zero-order valence-corrected chi connectivity index (χ0v) is 18.4. The average Bonchev–Trinajstić information content (AvgIpc) is 3.08. The van der Waals surface area contributed by atoms with Gasteiger partial charge in [-0.1, -0.05) is 39.0 Å². The van der Waals surface area contributed by atoms with Crippen LogP contribution >= 0.6 is 11.3 Å². The minimum Gasteiger partial charge on any atom is -0.493 e. The van der Waals surface area contributed by atoms with E-state index >= 15 is 0 Å². The zero-order chi connectivity index (χ0) is 21.2. The van der Waals surface area contributed by atoms with Crippen molar-refractivity contribution in [2.75, 3.05) is 19.5 Å². The van der Waals surface area contributed by atoms with Gasteiger partial charge in [-0.05, 0) is 31.2 Å². The molecule has 3 aromatic rings. The molecule has 0 aliphatic heterocycles. The van der Waals surface area contributed by atoms with Gasteiger partial charge in [-0.2, -0.15) is 0 Å². The van der Waals surface area contributed by atoms with Crippen molar-refractivity contribution in [1.82, 2.24) is 4.98 Å². The Morgan fingerprint density at radius 3 is 2.31 bits per heavy atom. The number of rotatable bonds is 5. The number of para-hydroxylation sites is 1. The summed E-state index contributed by atoms with van der Waals surface area (Å²) in [6.45, 7) is 7.73. The lowest BCUT2D eigenvalue weighted by atomic mass is 9.95. The second kappa shape index (κ2) is 8.25. The molecule has 1 heterocycles. The highest BCUT2D eigenvalue weighted by Crippen LogP contribution is 2.41. The van der Waals surface area contributed by atoms with Crippen molar-refractivity contribution in [3.63, 3.8) is 0 Å². The maximum Gasteiger partial charge on any atom is 0.229 e. The van der Waals surface area contributed by atoms with Crippen molar-refractivity contribution in [2.45, 2.75) is 27.7 Å². The highest BCUT2D eigenvalue weighted by molar-refractivity contribution is 7.15. The second-order valence-electron chi connectivity index (χ2n) is 7.75. The third kappa shape index (κ3) is 4.43. The van der Waals surface area contributed by atoms with Gasteiger partial charge in [-0.25, -0.2) is 4.98 Å². The van der Waals surface area contributed by atoms with E-state index in [9.17, 15) is 4.79 Å². The van der Waals surface area contributed by atoms with E-state index in [1.807, 2.05) is 63.2 Å². The normalized spacial score (nSPS) is 11.2. The van der Waals surface area contributed by atoms with Crippen molar-refractivity contribution in [1.29, 1.82) is 0 Å². The monoisotopic (exact) mass is 410 g/mol. The van der Waals surface area contributed by atoms with Crippen LogP contribution in [0.1, 0.15) is 25.6 Å². The van der Waals surface area contributed by atoms with Crippen LogP contribution in [0, 0.1) is 12.3 Å². The van der Waals surface area contributed by atoms with E-state index in [1.165, 1.54) is 0 Å². The maximum atomic E-state index is 12.2. The Morgan fingerprint density at radius 2 is 1.72 bits per heavy atom. The zero-order valence-electron chi connectivity index (χ0n) is 17.6. The number of carbonyl (C=O) groups is 1. The predicted octanol–water partition coefficient (Wildman–Crippen LogP) is 5.79. The number of methoxy groups -OCH3 is 2. The van der Waals surface area contributed by atoms with Crippen LogP contribution < -0.4 is 14.8 Å². The number of benzene rings is 2. The lowest BCUT2D eigenvalue weighted by molar-refractivity contribution is -0.123. The number of carbonyl (C=O) groups excluding carboxylic acids is 1. The molecule has 0 bridgehead atoms. The number of hydrogen-bond donors (Lipinski definition) is 1. The number of nitrogens with one attached hydrogen (secondary N) is 1. The summed E-state index contributed by atoms with van der Waals surface area (Å²) in [4.78, 5) is 18.1. The van der Waals surface area contributed by atoms with Crippen LogP contribution in [0.3, 0.4) is 0 Å². The van der Waals surface area contributed by atoms with Crippen LogP contribution in [0.2, 0.25) is 0 Å². The number of hydrogen-bond acceptors (Lipinski definition) is 5. The summed E-state index contributed by atoms with van der Waals surface area (Å²) < 4.78 is 11.0. The van der Waals surface area contributed by atoms with Gasteiger partial charge < -0.3 is 14.8 Å². The molecule has 0 fully saturated rings. The number of ether oxygens (including phenoxy) is 2. The van der Waals surface area contributed by atoms with Crippen LogP contribution in [0.4, 0.5) is 5.69 Å². The predicted molar refractivity (Wildman–Crippen MR) is 119 cm³/mol. The fourth-order valence-corrected chi connectivity index (χ4v) is 3.82. The van der Waals surface area contributed by atoms with Gasteiger partial charge in [0.1, 0.15) is 5.01 Å². The Balaban J connectivity index is 1.91. The molecule has 1 N–H and O–H groups in total. The smallest absolute Gasteiger partial charge is 0.229 e. The first-order valence-electron chi connectivity index (χ1n) is 9.35. The Labute approximate surface area is 175 Å². The Morgan fingerprint density at radius 1 is 1.03 bits per heavy atom. The van der Waals surface area contributed by atoms with Crippen LogP contribution in [-0.4, -0.2) is 25.1 Å². The summed E-state index contributed by atoms with van der Waals surface area (Å²) in [7, 11) is 3.26. The number of aromatic nitrogens is 1. The highest BCUT2D eigenvalue weighted by atomic mass is 32.1. The molecule has 1 aromatic heterocycles. The average molecular weight is 411 g/mol. The molecule has 6 heteroatoms. The van der Waals surface area contributed by atoms with Gasteiger partial charge in [-0.3, -0.25) is 4.79 Å². The van der Waals surface area contributed by atoms with Crippen molar-refractivity contribution in [2.24, 2.45) is 5.41 Å². The van der Waals surface area contributed by atoms with E-state index in [1.54, 1.807) is 25.6 Å². The standard InChI is InChI=1S/C23H26N2O3S/c1-14-19(15-10-12-16(13-11-15)24-22(26)23(2,3)4)25-21(29-14)17-8-7-9-18(27-5)20(17)28-6/h7-13H,1-6H3,(H,24,26). The maximum absolute atomic E-state index is 12.2. The first-order chi connectivity index (χ1) is 13.7. The largest absolute Gasteiger partial charge is 0.493 e. The van der Waals surface area contributed by atoms with Crippen LogP contribution in [0.5, 0.6) is 11.5 Å². The molecule has 152 valence electrons. The quantitative estimate of drug-likeness (QED) is 0.578. The topological polar surface area (TPSA) is 60.5 Å². The molecule has 0 radical (unpaired) electrons. The van der Waals surface area contributed by atoms with Gasteiger partial charge in [-0.15, -0.1) is 11.3 Å². The van der Waals surface area contributed by atoms with E-state index in [2.05, 4.69) is 12.2 Å². The Bertz CT molecular complexity index is 1020. The molecule has 0 unspecified atom stereocenters. The van der Waals surface area contributed by atoms with Gasteiger partial charge in [0, 0.05) is 21.5 Å². The number of anilines is 1. The van der Waals surface area contributed by atoms with Crippen LogP contribution in [0.25, 0.3) is 21.8 Å². The number of thiazole rings is 1. The molecule has 0 saturated carbocycles. The fourth-order valence-electron chi connectivity index (χ4n) is 2.87. The lowest BCUT2D eigenvalue weighted by Crippen LogP contribution is -2.27. The van der Waals surface area contributed by atoms with E-state index in [0.29, 0.717) is 11.5 Å². The molecule has 5 nitrogen and oxygen atoms in total. The number of aryl methyl sites for hydroxylation is 1. The summed E-state index contributed by atoms with van der Waals surface area (Å²) in [5.74, 6) is 1.34. The van der Waals surface area contributed by atoms with Crippen molar-refractivity contribution >= 4 is 22.9 Å². The molecule has 3 rings (SSSR count). The summed E-state index contributed by atoms with van der Waals surface area (Å²) in [6, 6.07) is 13.6. The first kappa shape index (κ1) is 20.9. The van der Waals surface area contributed by atoms with E-state index < -0.39 is 5.41 Å². The molecule has 0 aliphatic rings. The van der Waals surface area contributed by atoms with Crippen LogP contribution in [0.15, 0.2) is 42.5 Å². The number of nitrogens with zero attached hydrogens (tertiary/aromatic N) is 1. The van der Waals surface area contributed by atoms with E-state index in [-0.39, 0.29) is 5.91 Å². The first-order valence-corrected chi connectivity index (χ1v) is 10.2. The van der Waals surface area contributed by atoms with Crippen molar-refractivity contribution < 1.29 is 14.3 Å². The van der Waals surface area contributed by atoms with Crippen molar-refractivity contribution in [3.05, 3.63) is 47.3 Å². The molecule has 2 aromatic carbocycles. The molecule has 0 atom stereocenters.